The molecule has 0 aromatic heterocycles. The fourth-order valence-electron chi connectivity index (χ4n) is 4.03. The molecule has 0 spiro atoms. The first-order chi connectivity index (χ1) is 13.1. The van der Waals surface area contributed by atoms with Crippen LogP contribution in [0.25, 0.3) is 0 Å². The summed E-state index contributed by atoms with van der Waals surface area (Å²) in [6, 6.07) is 13.4. The molecule has 2 aromatic rings. The number of hydrogen-bond donors (Lipinski definition) is 3. The molecule has 0 saturated carbocycles. The molecule has 4 N–H and O–H groups in total. The highest BCUT2D eigenvalue weighted by atomic mass is 35.5. The normalized spacial score (nSPS) is 24.9. The quantitative estimate of drug-likeness (QED) is 0.683. The van der Waals surface area contributed by atoms with E-state index in [9.17, 15) is 4.79 Å². The molecular weight excluding hydrogens is 378 g/mol. The Morgan fingerprint density at radius 3 is 2.70 bits per heavy atom. The average Bonchev–Trinajstić information content (AvgIpc) is 2.69. The van der Waals surface area contributed by atoms with Crippen molar-refractivity contribution < 1.29 is 4.79 Å². The molecule has 6 heteroatoms. The van der Waals surface area contributed by atoms with E-state index in [0.717, 1.165) is 48.4 Å². The van der Waals surface area contributed by atoms with Crippen LogP contribution in [0.3, 0.4) is 0 Å². The maximum Gasteiger partial charge on any atom is 0.228 e. The Balaban J connectivity index is 1.62. The number of halogens is 1. The summed E-state index contributed by atoms with van der Waals surface area (Å²) in [4.78, 5) is 13.0. The van der Waals surface area contributed by atoms with E-state index in [-0.39, 0.29) is 17.9 Å². The van der Waals surface area contributed by atoms with E-state index in [1.54, 1.807) is 12.1 Å². The molecule has 4 nitrogen and oxygen atoms in total. The van der Waals surface area contributed by atoms with E-state index in [2.05, 4.69) is 22.8 Å². The Bertz CT molecular complexity index is 838. The van der Waals surface area contributed by atoms with Crippen molar-refractivity contribution in [2.75, 3.05) is 24.6 Å². The van der Waals surface area contributed by atoms with Gasteiger partial charge in [0.2, 0.25) is 5.91 Å². The number of nitrogens with one attached hydrogen (secondary N) is 2. The predicted molar refractivity (Wildman–Crippen MR) is 113 cm³/mol. The van der Waals surface area contributed by atoms with Crippen LogP contribution in [0, 0.1) is 0 Å². The number of nitrogens with two attached hydrogens (primary N) is 1. The maximum absolute atomic E-state index is 13.0. The molecule has 2 aliphatic rings. The Hall–Kier alpha value is -1.69. The minimum absolute atomic E-state index is 0.0750. The smallest absolute Gasteiger partial charge is 0.228 e. The highest BCUT2D eigenvalue weighted by molar-refractivity contribution is 8.00. The average molecular weight is 402 g/mol. The summed E-state index contributed by atoms with van der Waals surface area (Å²) in [5.74, 6) is 1.11. The molecule has 4 rings (SSSR count). The minimum atomic E-state index is -0.258. The number of carbonyl (C=O) groups is 1. The summed E-state index contributed by atoms with van der Waals surface area (Å²) in [6.07, 6.45) is 1.90. The number of rotatable bonds is 4. The van der Waals surface area contributed by atoms with Crippen molar-refractivity contribution >= 4 is 35.0 Å². The van der Waals surface area contributed by atoms with E-state index in [0.29, 0.717) is 16.0 Å². The monoisotopic (exact) mass is 401 g/mol. The largest absolute Gasteiger partial charge is 0.399 e. The van der Waals surface area contributed by atoms with Gasteiger partial charge in [0, 0.05) is 34.8 Å². The molecule has 0 aliphatic carbocycles. The van der Waals surface area contributed by atoms with Crippen LogP contribution in [-0.2, 0) is 4.79 Å². The molecule has 1 fully saturated rings. The molecule has 1 saturated heterocycles. The topological polar surface area (TPSA) is 67.1 Å². The van der Waals surface area contributed by atoms with Crippen LogP contribution in [0.2, 0.25) is 5.02 Å². The van der Waals surface area contributed by atoms with Crippen LogP contribution >= 0.6 is 23.4 Å². The number of anilines is 1. The van der Waals surface area contributed by atoms with Gasteiger partial charge in [-0.25, -0.2) is 0 Å². The van der Waals surface area contributed by atoms with Gasteiger partial charge in [-0.15, -0.1) is 0 Å². The third-order valence-electron chi connectivity index (χ3n) is 5.40. The van der Waals surface area contributed by atoms with Crippen LogP contribution in [-0.4, -0.2) is 30.0 Å². The number of fused-ring (bicyclic) bond motifs is 1. The number of thioether (sulfide) groups is 1. The summed E-state index contributed by atoms with van der Waals surface area (Å²) in [5.41, 5.74) is 9.68. The van der Waals surface area contributed by atoms with Gasteiger partial charge in [-0.3, -0.25) is 4.79 Å². The molecule has 2 heterocycles. The Morgan fingerprint density at radius 2 is 1.93 bits per heavy atom. The summed E-state index contributed by atoms with van der Waals surface area (Å²) >= 11 is 8.44. The van der Waals surface area contributed by atoms with Gasteiger partial charge in [-0.05, 0) is 47.7 Å². The fourth-order valence-corrected chi connectivity index (χ4v) is 5.39. The van der Waals surface area contributed by atoms with E-state index in [1.807, 2.05) is 30.0 Å². The second-order valence-corrected chi connectivity index (χ2v) is 8.99. The highest BCUT2D eigenvalue weighted by Gasteiger charge is 2.34. The fraction of sp³-hybridized carbons (Fsp3) is 0.381. The van der Waals surface area contributed by atoms with Crippen molar-refractivity contribution in [3.8, 4) is 0 Å². The lowest BCUT2D eigenvalue weighted by Crippen LogP contribution is -2.40. The van der Waals surface area contributed by atoms with Crippen molar-refractivity contribution in [1.29, 1.82) is 0 Å². The van der Waals surface area contributed by atoms with Crippen LogP contribution < -0.4 is 16.4 Å². The molecule has 2 aromatic carbocycles. The SMILES string of the molecule is Nc1ccc(Cl)c(C2NC(=O)C(CCC3CNCCS3)c3ccccc32)c1. The van der Waals surface area contributed by atoms with E-state index >= 15 is 0 Å². The number of benzene rings is 2. The van der Waals surface area contributed by atoms with Gasteiger partial charge in [-0.2, -0.15) is 11.8 Å². The van der Waals surface area contributed by atoms with Gasteiger partial charge in [0.25, 0.3) is 0 Å². The van der Waals surface area contributed by atoms with Crippen molar-refractivity contribution in [2.24, 2.45) is 0 Å². The summed E-state index contributed by atoms with van der Waals surface area (Å²) in [7, 11) is 0. The van der Waals surface area contributed by atoms with Crippen molar-refractivity contribution in [3.05, 3.63) is 64.2 Å². The number of nitrogen functional groups attached to an aromatic ring is 1. The van der Waals surface area contributed by atoms with Gasteiger partial charge < -0.3 is 16.4 Å². The minimum Gasteiger partial charge on any atom is -0.399 e. The number of amides is 1. The highest BCUT2D eigenvalue weighted by Crippen LogP contribution is 2.40. The third kappa shape index (κ3) is 3.96. The molecule has 1 amide bonds. The Morgan fingerprint density at radius 1 is 1.11 bits per heavy atom. The second kappa shape index (κ2) is 8.13. The lowest BCUT2D eigenvalue weighted by Gasteiger charge is -2.33. The molecule has 0 radical (unpaired) electrons. The van der Waals surface area contributed by atoms with Crippen molar-refractivity contribution in [2.45, 2.75) is 30.1 Å². The van der Waals surface area contributed by atoms with Crippen molar-refractivity contribution in [3.63, 3.8) is 0 Å². The lowest BCUT2D eigenvalue weighted by atomic mass is 9.81. The van der Waals surface area contributed by atoms with E-state index in [1.165, 1.54) is 0 Å². The van der Waals surface area contributed by atoms with Crippen LogP contribution in [0.15, 0.2) is 42.5 Å². The van der Waals surface area contributed by atoms with Gasteiger partial charge in [0.05, 0.1) is 12.0 Å². The summed E-state index contributed by atoms with van der Waals surface area (Å²) in [6.45, 7) is 2.11. The maximum atomic E-state index is 13.0. The molecule has 3 atom stereocenters. The Kier molecular flexibility index (Phi) is 5.62. The van der Waals surface area contributed by atoms with Gasteiger partial charge >= 0.3 is 0 Å². The number of carbonyl (C=O) groups excluding carboxylic acids is 1. The standard InChI is InChI=1S/C21H24ClN3OS/c22-19-8-5-13(23)11-18(19)20-16-4-2-1-3-15(16)17(21(26)25-20)7-6-14-12-24-9-10-27-14/h1-5,8,11,14,17,20,24H,6-7,9-10,12,23H2,(H,25,26). The zero-order valence-electron chi connectivity index (χ0n) is 15.1. The summed E-state index contributed by atoms with van der Waals surface area (Å²) < 4.78 is 0. The zero-order valence-corrected chi connectivity index (χ0v) is 16.7. The lowest BCUT2D eigenvalue weighted by molar-refractivity contribution is -0.123. The molecule has 3 unspecified atom stereocenters. The van der Waals surface area contributed by atoms with Gasteiger partial charge in [0.1, 0.15) is 0 Å². The van der Waals surface area contributed by atoms with Gasteiger partial charge in [-0.1, -0.05) is 35.9 Å². The van der Waals surface area contributed by atoms with Crippen molar-refractivity contribution in [1.82, 2.24) is 10.6 Å². The molecule has 27 heavy (non-hydrogen) atoms. The molecule has 142 valence electrons. The first-order valence-corrected chi connectivity index (χ1v) is 10.8. The molecular formula is C21H24ClN3OS. The molecule has 2 aliphatic heterocycles. The third-order valence-corrected chi connectivity index (χ3v) is 7.06. The number of hydrogen-bond acceptors (Lipinski definition) is 4. The van der Waals surface area contributed by atoms with E-state index < -0.39 is 0 Å². The van der Waals surface area contributed by atoms with Gasteiger partial charge in [0.15, 0.2) is 0 Å². The van der Waals surface area contributed by atoms with E-state index in [4.69, 9.17) is 17.3 Å². The zero-order chi connectivity index (χ0) is 18.8. The Labute approximate surface area is 169 Å². The summed E-state index contributed by atoms with van der Waals surface area (Å²) in [5, 5.41) is 7.84. The molecule has 0 bridgehead atoms. The first kappa shape index (κ1) is 18.7. The van der Waals surface area contributed by atoms with Crippen LogP contribution in [0.1, 0.15) is 41.5 Å². The van der Waals surface area contributed by atoms with Crippen LogP contribution in [0.4, 0.5) is 5.69 Å². The predicted octanol–water partition coefficient (Wildman–Crippen LogP) is 3.71. The second-order valence-electron chi connectivity index (χ2n) is 7.18. The first-order valence-electron chi connectivity index (χ1n) is 9.40. The van der Waals surface area contributed by atoms with Crippen LogP contribution in [0.5, 0.6) is 0 Å².